The summed E-state index contributed by atoms with van der Waals surface area (Å²) in [5.41, 5.74) is 5.62. The van der Waals surface area contributed by atoms with Crippen molar-refractivity contribution in [1.29, 1.82) is 5.26 Å². The maximum absolute atomic E-state index is 9.58. The molecule has 0 spiro atoms. The molecule has 0 aliphatic rings. The van der Waals surface area contributed by atoms with Crippen LogP contribution in [-0.4, -0.2) is 23.0 Å². The summed E-state index contributed by atoms with van der Waals surface area (Å²) in [6, 6.07) is 24.5. The Bertz CT molecular complexity index is 1160. The first kappa shape index (κ1) is 17.2. The van der Waals surface area contributed by atoms with Crippen LogP contribution in [-0.2, 0) is 0 Å². The van der Waals surface area contributed by atoms with Crippen LogP contribution in [0.1, 0.15) is 5.56 Å². The number of hydrogen-bond acceptors (Lipinski definition) is 4. The molecule has 0 fully saturated rings. The topological polar surface area (TPSA) is 44.9 Å². The number of benzene rings is 3. The first-order chi connectivity index (χ1) is 13.2. The fraction of sp³-hybridized carbons (Fsp3) is 0.0909. The SMILES string of the molecule is CSc1cccc(-c2cc(N(C)n3cnc4ccccc43)ccc2C#N)c1. The van der Waals surface area contributed by atoms with Crippen LogP contribution in [0.4, 0.5) is 5.69 Å². The van der Waals surface area contributed by atoms with Gasteiger partial charge in [-0.3, -0.25) is 5.01 Å². The van der Waals surface area contributed by atoms with Crippen LogP contribution in [0, 0.1) is 11.3 Å². The molecular weight excluding hydrogens is 352 g/mol. The highest BCUT2D eigenvalue weighted by atomic mass is 32.2. The number of nitrogens with zero attached hydrogens (tertiary/aromatic N) is 4. The minimum atomic E-state index is 0.667. The molecule has 0 aliphatic carbocycles. The molecule has 0 aliphatic heterocycles. The third-order valence-electron chi connectivity index (χ3n) is 4.64. The van der Waals surface area contributed by atoms with Crippen molar-refractivity contribution >= 4 is 28.5 Å². The van der Waals surface area contributed by atoms with E-state index in [0.717, 1.165) is 27.8 Å². The lowest BCUT2D eigenvalue weighted by atomic mass is 9.99. The van der Waals surface area contributed by atoms with E-state index in [1.807, 2.05) is 71.6 Å². The molecule has 4 nitrogen and oxygen atoms in total. The number of hydrogen-bond donors (Lipinski definition) is 0. The molecule has 5 heteroatoms. The highest BCUT2D eigenvalue weighted by Gasteiger charge is 2.12. The van der Waals surface area contributed by atoms with Gasteiger partial charge in [0.2, 0.25) is 0 Å². The van der Waals surface area contributed by atoms with Crippen molar-refractivity contribution in [3.8, 4) is 17.2 Å². The Balaban J connectivity index is 1.81. The Hall–Kier alpha value is -3.23. The molecule has 0 unspecified atom stereocenters. The first-order valence-electron chi connectivity index (χ1n) is 8.56. The summed E-state index contributed by atoms with van der Waals surface area (Å²) in [5.74, 6) is 0. The average molecular weight is 370 g/mol. The Kier molecular flexibility index (Phi) is 4.57. The van der Waals surface area contributed by atoms with Crippen molar-refractivity contribution in [2.75, 3.05) is 18.3 Å². The van der Waals surface area contributed by atoms with Gasteiger partial charge >= 0.3 is 0 Å². The Morgan fingerprint density at radius 1 is 1.04 bits per heavy atom. The lowest BCUT2D eigenvalue weighted by Crippen LogP contribution is -2.23. The second-order valence-corrected chi connectivity index (χ2v) is 7.05. The number of thioether (sulfide) groups is 1. The third kappa shape index (κ3) is 3.16. The molecule has 0 radical (unpaired) electrons. The van der Waals surface area contributed by atoms with Gasteiger partial charge in [-0.15, -0.1) is 11.8 Å². The smallest absolute Gasteiger partial charge is 0.116 e. The van der Waals surface area contributed by atoms with E-state index >= 15 is 0 Å². The summed E-state index contributed by atoms with van der Waals surface area (Å²) in [7, 11) is 2.00. The molecule has 1 heterocycles. The molecule has 0 saturated carbocycles. The van der Waals surface area contributed by atoms with Crippen LogP contribution < -0.4 is 5.01 Å². The van der Waals surface area contributed by atoms with Gasteiger partial charge in [0.25, 0.3) is 0 Å². The lowest BCUT2D eigenvalue weighted by molar-refractivity contribution is 0.798. The fourth-order valence-electron chi connectivity index (χ4n) is 3.17. The molecule has 0 atom stereocenters. The molecule has 4 rings (SSSR count). The third-order valence-corrected chi connectivity index (χ3v) is 5.36. The van der Waals surface area contributed by atoms with Crippen LogP contribution in [0.2, 0.25) is 0 Å². The van der Waals surface area contributed by atoms with Crippen LogP contribution in [0.3, 0.4) is 0 Å². The molecule has 1 aromatic heterocycles. The van der Waals surface area contributed by atoms with Crippen LogP contribution in [0.25, 0.3) is 22.2 Å². The maximum atomic E-state index is 9.58. The van der Waals surface area contributed by atoms with Gasteiger partial charge in [0, 0.05) is 17.5 Å². The number of rotatable bonds is 4. The van der Waals surface area contributed by atoms with Crippen molar-refractivity contribution in [1.82, 2.24) is 9.66 Å². The number of aromatic nitrogens is 2. The summed E-state index contributed by atoms with van der Waals surface area (Å²) in [6.45, 7) is 0. The summed E-state index contributed by atoms with van der Waals surface area (Å²) < 4.78 is 2.01. The minimum absolute atomic E-state index is 0.667. The Morgan fingerprint density at radius 2 is 1.89 bits per heavy atom. The predicted octanol–water partition coefficient (Wildman–Crippen LogP) is 5.20. The summed E-state index contributed by atoms with van der Waals surface area (Å²) in [4.78, 5) is 5.65. The number of fused-ring (bicyclic) bond motifs is 1. The number of imidazole rings is 1. The van der Waals surface area contributed by atoms with E-state index in [1.54, 1.807) is 11.8 Å². The van der Waals surface area contributed by atoms with Gasteiger partial charge in [-0.05, 0) is 54.3 Å². The monoisotopic (exact) mass is 370 g/mol. The summed E-state index contributed by atoms with van der Waals surface area (Å²) >= 11 is 1.70. The van der Waals surface area contributed by atoms with Gasteiger partial charge in [0.1, 0.15) is 6.33 Å². The van der Waals surface area contributed by atoms with E-state index in [2.05, 4.69) is 35.5 Å². The zero-order valence-electron chi connectivity index (χ0n) is 15.1. The lowest BCUT2D eigenvalue weighted by Gasteiger charge is -2.22. The second-order valence-electron chi connectivity index (χ2n) is 6.18. The zero-order valence-corrected chi connectivity index (χ0v) is 15.9. The highest BCUT2D eigenvalue weighted by molar-refractivity contribution is 7.98. The fourth-order valence-corrected chi connectivity index (χ4v) is 3.63. The van der Waals surface area contributed by atoms with Gasteiger partial charge in [-0.2, -0.15) is 5.26 Å². The normalized spacial score (nSPS) is 10.7. The Morgan fingerprint density at radius 3 is 2.70 bits per heavy atom. The Labute approximate surface area is 162 Å². The molecule has 3 aromatic carbocycles. The van der Waals surface area contributed by atoms with E-state index < -0.39 is 0 Å². The van der Waals surface area contributed by atoms with E-state index in [4.69, 9.17) is 0 Å². The molecule has 132 valence electrons. The number of anilines is 1. The molecule has 0 N–H and O–H groups in total. The largest absolute Gasteiger partial charge is 0.283 e. The van der Waals surface area contributed by atoms with E-state index in [0.29, 0.717) is 5.56 Å². The number of nitriles is 1. The van der Waals surface area contributed by atoms with Gasteiger partial charge in [-0.1, -0.05) is 24.3 Å². The second kappa shape index (κ2) is 7.18. The van der Waals surface area contributed by atoms with Crippen molar-refractivity contribution in [2.45, 2.75) is 4.90 Å². The molecule has 4 aromatic rings. The minimum Gasteiger partial charge on any atom is -0.283 e. The van der Waals surface area contributed by atoms with Crippen LogP contribution in [0.5, 0.6) is 0 Å². The molecule has 27 heavy (non-hydrogen) atoms. The average Bonchev–Trinajstić information content (AvgIpc) is 3.17. The van der Waals surface area contributed by atoms with Gasteiger partial charge in [0.05, 0.1) is 28.4 Å². The van der Waals surface area contributed by atoms with Crippen molar-refractivity contribution in [2.24, 2.45) is 0 Å². The summed E-state index contributed by atoms with van der Waals surface area (Å²) in [5, 5.41) is 11.6. The van der Waals surface area contributed by atoms with Crippen molar-refractivity contribution in [3.05, 3.63) is 78.6 Å². The van der Waals surface area contributed by atoms with Crippen molar-refractivity contribution < 1.29 is 0 Å². The van der Waals surface area contributed by atoms with Crippen molar-refractivity contribution in [3.63, 3.8) is 0 Å². The maximum Gasteiger partial charge on any atom is 0.116 e. The van der Waals surface area contributed by atoms with E-state index in [-0.39, 0.29) is 0 Å². The molecular formula is C22H18N4S. The quantitative estimate of drug-likeness (QED) is 0.463. The van der Waals surface area contributed by atoms with Gasteiger partial charge in [0.15, 0.2) is 0 Å². The highest BCUT2D eigenvalue weighted by Crippen LogP contribution is 2.31. The molecule has 0 saturated heterocycles. The van der Waals surface area contributed by atoms with E-state index in [9.17, 15) is 5.26 Å². The summed E-state index contributed by atoms with van der Waals surface area (Å²) in [6.07, 6.45) is 3.87. The van der Waals surface area contributed by atoms with Crippen LogP contribution >= 0.6 is 11.8 Å². The van der Waals surface area contributed by atoms with Crippen LogP contribution in [0.15, 0.2) is 78.0 Å². The predicted molar refractivity (Wildman–Crippen MR) is 112 cm³/mol. The molecule has 0 amide bonds. The van der Waals surface area contributed by atoms with Gasteiger partial charge < -0.3 is 0 Å². The zero-order chi connectivity index (χ0) is 18.8. The molecule has 0 bridgehead atoms. The van der Waals surface area contributed by atoms with Gasteiger partial charge in [-0.25, -0.2) is 9.66 Å². The number of para-hydroxylation sites is 2. The van der Waals surface area contributed by atoms with E-state index in [1.165, 1.54) is 4.90 Å². The standard InChI is InChI=1S/C22H18N4S/c1-25(26-15-24-21-8-3-4-9-22(21)26)18-11-10-17(14-23)20(13-18)16-6-5-7-19(12-16)27-2/h3-13,15H,1-2H3. The first-order valence-corrected chi connectivity index (χ1v) is 9.78.